The fourth-order valence-electron chi connectivity index (χ4n) is 3.53. The standard InChI is InChI=1S/C16H28N2O3/c1-12(2)10-17-11-13(9-15(17)20)16(21)18-7-4-3-5-14(18)6-8-19/h12-14,19H,3-11H2,1-2H3/t13-,14+/m0/s1. The molecular formula is C16H28N2O3. The van der Waals surface area contributed by atoms with Crippen LogP contribution in [-0.4, -0.2) is 59.0 Å². The van der Waals surface area contributed by atoms with Crippen molar-refractivity contribution in [3.05, 3.63) is 0 Å². The number of carbonyl (C=O) groups is 2. The summed E-state index contributed by atoms with van der Waals surface area (Å²) in [5, 5.41) is 9.17. The van der Waals surface area contributed by atoms with Gasteiger partial charge in [0.1, 0.15) is 0 Å². The van der Waals surface area contributed by atoms with Gasteiger partial charge in [-0.1, -0.05) is 13.8 Å². The first-order valence-corrected chi connectivity index (χ1v) is 8.22. The smallest absolute Gasteiger partial charge is 0.228 e. The Hall–Kier alpha value is -1.10. The van der Waals surface area contributed by atoms with Gasteiger partial charge in [0.25, 0.3) is 0 Å². The maximum absolute atomic E-state index is 12.7. The van der Waals surface area contributed by atoms with Crippen LogP contribution in [0.25, 0.3) is 0 Å². The summed E-state index contributed by atoms with van der Waals surface area (Å²) in [5.41, 5.74) is 0. The first kappa shape index (κ1) is 16.3. The third kappa shape index (κ3) is 3.96. The highest BCUT2D eigenvalue weighted by atomic mass is 16.3. The Morgan fingerprint density at radius 1 is 1.38 bits per heavy atom. The Labute approximate surface area is 127 Å². The molecular weight excluding hydrogens is 268 g/mol. The highest BCUT2D eigenvalue weighted by Gasteiger charge is 2.38. The number of hydrogen-bond donors (Lipinski definition) is 1. The van der Waals surface area contributed by atoms with Crippen LogP contribution in [0.4, 0.5) is 0 Å². The Kier molecular flexibility index (Phi) is 5.62. The minimum absolute atomic E-state index is 0.109. The second-order valence-electron chi connectivity index (χ2n) is 6.79. The molecule has 0 unspecified atom stereocenters. The van der Waals surface area contributed by atoms with Crippen molar-refractivity contribution in [1.82, 2.24) is 9.80 Å². The quantitative estimate of drug-likeness (QED) is 0.831. The maximum Gasteiger partial charge on any atom is 0.228 e. The molecule has 0 aliphatic carbocycles. The molecule has 0 bridgehead atoms. The number of nitrogens with zero attached hydrogens (tertiary/aromatic N) is 2. The predicted octanol–water partition coefficient (Wildman–Crippen LogP) is 1.25. The van der Waals surface area contributed by atoms with E-state index in [0.29, 0.717) is 25.3 Å². The molecule has 2 rings (SSSR count). The minimum atomic E-state index is -0.185. The molecule has 1 N–H and O–H groups in total. The summed E-state index contributed by atoms with van der Waals surface area (Å²) >= 11 is 0. The van der Waals surface area contributed by atoms with Gasteiger partial charge in [0.05, 0.1) is 5.92 Å². The average Bonchev–Trinajstić information content (AvgIpc) is 2.80. The summed E-state index contributed by atoms with van der Waals surface area (Å²) in [6.45, 7) is 6.38. The third-order valence-electron chi connectivity index (χ3n) is 4.52. The molecule has 0 aromatic carbocycles. The van der Waals surface area contributed by atoms with E-state index in [1.54, 1.807) is 0 Å². The van der Waals surface area contributed by atoms with E-state index >= 15 is 0 Å². The zero-order valence-electron chi connectivity index (χ0n) is 13.3. The minimum Gasteiger partial charge on any atom is -0.396 e. The van der Waals surface area contributed by atoms with Crippen LogP contribution in [0.15, 0.2) is 0 Å². The van der Waals surface area contributed by atoms with Crippen LogP contribution in [0.1, 0.15) is 46.0 Å². The fraction of sp³-hybridized carbons (Fsp3) is 0.875. The van der Waals surface area contributed by atoms with Crippen LogP contribution < -0.4 is 0 Å². The van der Waals surface area contributed by atoms with Crippen LogP contribution in [0.2, 0.25) is 0 Å². The average molecular weight is 296 g/mol. The number of piperidine rings is 1. The van der Waals surface area contributed by atoms with Crippen LogP contribution in [-0.2, 0) is 9.59 Å². The van der Waals surface area contributed by atoms with Crippen molar-refractivity contribution in [1.29, 1.82) is 0 Å². The summed E-state index contributed by atoms with van der Waals surface area (Å²) in [7, 11) is 0. The Morgan fingerprint density at radius 2 is 2.14 bits per heavy atom. The van der Waals surface area contributed by atoms with Gasteiger partial charge < -0.3 is 14.9 Å². The van der Waals surface area contributed by atoms with E-state index in [1.165, 1.54) is 0 Å². The van der Waals surface area contributed by atoms with Crippen molar-refractivity contribution in [2.24, 2.45) is 11.8 Å². The van der Waals surface area contributed by atoms with E-state index in [-0.39, 0.29) is 30.4 Å². The number of aliphatic hydroxyl groups excluding tert-OH is 1. The number of hydrogen-bond acceptors (Lipinski definition) is 3. The highest BCUT2D eigenvalue weighted by Crippen LogP contribution is 2.26. The van der Waals surface area contributed by atoms with Crippen molar-refractivity contribution in [2.45, 2.75) is 52.0 Å². The molecule has 2 atom stereocenters. The van der Waals surface area contributed by atoms with Crippen molar-refractivity contribution < 1.29 is 14.7 Å². The fourth-order valence-corrected chi connectivity index (χ4v) is 3.53. The first-order chi connectivity index (χ1) is 10.0. The van der Waals surface area contributed by atoms with E-state index in [0.717, 1.165) is 32.4 Å². The molecule has 2 saturated heterocycles. The van der Waals surface area contributed by atoms with E-state index in [2.05, 4.69) is 13.8 Å². The van der Waals surface area contributed by atoms with Gasteiger partial charge in [0.2, 0.25) is 11.8 Å². The molecule has 2 aliphatic rings. The van der Waals surface area contributed by atoms with Gasteiger partial charge in [0, 0.05) is 38.7 Å². The number of likely N-dealkylation sites (tertiary alicyclic amines) is 2. The second-order valence-corrected chi connectivity index (χ2v) is 6.79. The molecule has 2 aliphatic heterocycles. The summed E-state index contributed by atoms with van der Waals surface area (Å²) in [5.74, 6) is 0.473. The normalized spacial score (nSPS) is 26.8. The van der Waals surface area contributed by atoms with E-state index < -0.39 is 0 Å². The largest absolute Gasteiger partial charge is 0.396 e. The SMILES string of the molecule is CC(C)CN1C[C@@H](C(=O)N2CCCC[C@@H]2CCO)CC1=O. The van der Waals surface area contributed by atoms with Gasteiger partial charge in [-0.05, 0) is 31.6 Å². The van der Waals surface area contributed by atoms with E-state index in [1.807, 2.05) is 9.80 Å². The number of carbonyl (C=O) groups excluding carboxylic acids is 2. The van der Waals surface area contributed by atoms with Gasteiger partial charge in [0.15, 0.2) is 0 Å². The summed E-state index contributed by atoms with van der Waals surface area (Å²) in [4.78, 5) is 28.5. The Morgan fingerprint density at radius 3 is 2.81 bits per heavy atom. The van der Waals surface area contributed by atoms with Gasteiger partial charge in [-0.2, -0.15) is 0 Å². The van der Waals surface area contributed by atoms with E-state index in [9.17, 15) is 9.59 Å². The highest BCUT2D eigenvalue weighted by molar-refractivity contribution is 5.89. The van der Waals surface area contributed by atoms with Gasteiger partial charge in [-0.25, -0.2) is 0 Å². The van der Waals surface area contributed by atoms with Crippen LogP contribution in [0.3, 0.4) is 0 Å². The molecule has 21 heavy (non-hydrogen) atoms. The number of rotatable bonds is 5. The maximum atomic E-state index is 12.7. The molecule has 0 aromatic rings. The molecule has 2 fully saturated rings. The van der Waals surface area contributed by atoms with Crippen LogP contribution in [0, 0.1) is 11.8 Å². The van der Waals surface area contributed by atoms with Crippen molar-refractivity contribution in [3.63, 3.8) is 0 Å². The predicted molar refractivity (Wildman–Crippen MR) is 80.6 cm³/mol. The molecule has 2 amide bonds. The molecule has 0 radical (unpaired) electrons. The monoisotopic (exact) mass is 296 g/mol. The molecule has 120 valence electrons. The zero-order chi connectivity index (χ0) is 15.4. The van der Waals surface area contributed by atoms with Crippen LogP contribution in [0.5, 0.6) is 0 Å². The van der Waals surface area contributed by atoms with Crippen molar-refractivity contribution in [3.8, 4) is 0 Å². The molecule has 0 aromatic heterocycles. The Balaban J connectivity index is 1.97. The molecule has 5 nitrogen and oxygen atoms in total. The number of amides is 2. The lowest BCUT2D eigenvalue weighted by Crippen LogP contribution is -2.47. The van der Waals surface area contributed by atoms with Crippen molar-refractivity contribution in [2.75, 3.05) is 26.2 Å². The molecule has 0 spiro atoms. The lowest BCUT2D eigenvalue weighted by Gasteiger charge is -2.37. The Bertz CT molecular complexity index is 382. The van der Waals surface area contributed by atoms with E-state index in [4.69, 9.17) is 5.11 Å². The third-order valence-corrected chi connectivity index (χ3v) is 4.52. The lowest BCUT2D eigenvalue weighted by atomic mass is 9.96. The molecule has 0 saturated carbocycles. The molecule has 5 heteroatoms. The topological polar surface area (TPSA) is 60.9 Å². The number of aliphatic hydroxyl groups is 1. The van der Waals surface area contributed by atoms with Gasteiger partial charge in [-0.3, -0.25) is 9.59 Å². The van der Waals surface area contributed by atoms with Gasteiger partial charge >= 0.3 is 0 Å². The van der Waals surface area contributed by atoms with Gasteiger partial charge in [-0.15, -0.1) is 0 Å². The van der Waals surface area contributed by atoms with Crippen LogP contribution >= 0.6 is 0 Å². The van der Waals surface area contributed by atoms with Crippen molar-refractivity contribution >= 4 is 11.8 Å². The summed E-state index contributed by atoms with van der Waals surface area (Å²) in [6.07, 6.45) is 4.14. The summed E-state index contributed by atoms with van der Waals surface area (Å²) < 4.78 is 0. The zero-order valence-corrected chi connectivity index (χ0v) is 13.3. The molecule has 2 heterocycles. The second kappa shape index (κ2) is 7.25. The summed E-state index contributed by atoms with van der Waals surface area (Å²) in [6, 6.07) is 0.158. The lowest BCUT2D eigenvalue weighted by molar-refractivity contribution is -0.139. The first-order valence-electron chi connectivity index (χ1n) is 8.22.